The van der Waals surface area contributed by atoms with E-state index in [4.69, 9.17) is 9.84 Å². The largest absolute Gasteiger partial charge is 0.481 e. The van der Waals surface area contributed by atoms with Crippen LogP contribution in [-0.2, 0) is 14.4 Å². The first-order valence-corrected chi connectivity index (χ1v) is 9.85. The maximum atomic E-state index is 13.6. The molecule has 11 heteroatoms. The second kappa shape index (κ2) is 9.55. The molecule has 1 heterocycles. The first-order valence-electron chi connectivity index (χ1n) is 8.77. The van der Waals surface area contributed by atoms with Crippen LogP contribution >= 0.6 is 22.6 Å². The average molecular weight is 539 g/mol. The highest BCUT2D eigenvalue weighted by molar-refractivity contribution is 14.1. The van der Waals surface area contributed by atoms with Crippen LogP contribution in [0.15, 0.2) is 48.2 Å². The van der Waals surface area contributed by atoms with Gasteiger partial charge in [-0.2, -0.15) is 0 Å². The van der Waals surface area contributed by atoms with E-state index in [1.165, 1.54) is 36.4 Å². The van der Waals surface area contributed by atoms with Gasteiger partial charge in [0.1, 0.15) is 23.8 Å². The number of nitrogens with zero attached hydrogens (tertiary/aromatic N) is 1. The van der Waals surface area contributed by atoms with Crippen LogP contribution in [0.2, 0.25) is 0 Å². The molecule has 0 spiro atoms. The first kappa shape index (κ1) is 22.2. The average Bonchev–Trinajstić information content (AvgIpc) is 2.96. The van der Waals surface area contributed by atoms with E-state index >= 15 is 0 Å². The molecule has 4 amide bonds. The molecule has 2 aromatic carbocycles. The standard InChI is InChI=1S/C20H15FIN3O6/c21-12-3-1-2-4-14(12)23-17(26)9-25-19(29)15(24-20(25)30)8-11-5-6-16(13(22)7-11)31-10-18(27)28/h1-8H,9-10H2,(H,23,26)(H,24,30)(H,27,28)/b15-8+. The summed E-state index contributed by atoms with van der Waals surface area (Å²) in [6.07, 6.45) is 1.41. The van der Waals surface area contributed by atoms with Gasteiger partial charge < -0.3 is 20.5 Å². The monoisotopic (exact) mass is 539 g/mol. The molecule has 0 bridgehead atoms. The lowest BCUT2D eigenvalue weighted by Crippen LogP contribution is -2.38. The highest BCUT2D eigenvalue weighted by Gasteiger charge is 2.35. The first-order chi connectivity index (χ1) is 14.7. The van der Waals surface area contributed by atoms with Crippen LogP contribution in [0.5, 0.6) is 5.75 Å². The van der Waals surface area contributed by atoms with Gasteiger partial charge in [0.15, 0.2) is 6.61 Å². The molecule has 1 aliphatic heterocycles. The number of para-hydroxylation sites is 1. The summed E-state index contributed by atoms with van der Waals surface area (Å²) in [5.74, 6) is -2.84. The molecule has 0 radical (unpaired) electrons. The Bertz CT molecular complexity index is 1100. The van der Waals surface area contributed by atoms with Gasteiger partial charge in [0, 0.05) is 0 Å². The number of halogens is 2. The fraction of sp³-hybridized carbons (Fsp3) is 0.100. The summed E-state index contributed by atoms with van der Waals surface area (Å²) in [5, 5.41) is 13.4. The molecule has 0 atom stereocenters. The zero-order chi connectivity index (χ0) is 22.5. The number of carbonyl (C=O) groups is 4. The Hall–Kier alpha value is -3.48. The molecule has 3 N–H and O–H groups in total. The van der Waals surface area contributed by atoms with Gasteiger partial charge in [-0.3, -0.25) is 9.59 Å². The van der Waals surface area contributed by atoms with Crippen LogP contribution in [0.4, 0.5) is 14.9 Å². The van der Waals surface area contributed by atoms with Gasteiger partial charge in [0.05, 0.1) is 9.26 Å². The number of benzene rings is 2. The Labute approximate surface area is 189 Å². The van der Waals surface area contributed by atoms with Gasteiger partial charge >= 0.3 is 12.0 Å². The number of hydrogen-bond donors (Lipinski definition) is 3. The third-order valence-corrected chi connectivity index (χ3v) is 4.87. The molecular weight excluding hydrogens is 524 g/mol. The molecule has 1 aliphatic rings. The highest BCUT2D eigenvalue weighted by Crippen LogP contribution is 2.24. The quantitative estimate of drug-likeness (QED) is 0.282. The fourth-order valence-electron chi connectivity index (χ4n) is 2.64. The zero-order valence-corrected chi connectivity index (χ0v) is 17.9. The Balaban J connectivity index is 1.68. The Kier molecular flexibility index (Phi) is 6.84. The second-order valence-electron chi connectivity index (χ2n) is 6.28. The number of carboxylic acids is 1. The SMILES string of the molecule is O=C(O)COc1ccc(/C=C2/NC(=O)N(CC(=O)Nc3ccccc3F)C2=O)cc1I. The fourth-order valence-corrected chi connectivity index (χ4v) is 3.34. The third kappa shape index (κ3) is 5.57. The minimum Gasteiger partial charge on any atom is -0.481 e. The number of carbonyl (C=O) groups excluding carboxylic acids is 3. The molecule has 0 saturated carbocycles. The molecule has 0 unspecified atom stereocenters. The van der Waals surface area contributed by atoms with Crippen molar-refractivity contribution >= 4 is 58.2 Å². The smallest absolute Gasteiger partial charge is 0.341 e. The molecule has 1 fully saturated rings. The molecule has 160 valence electrons. The maximum absolute atomic E-state index is 13.6. The number of ether oxygens (including phenoxy) is 1. The molecule has 9 nitrogen and oxygen atoms in total. The van der Waals surface area contributed by atoms with Crippen molar-refractivity contribution < 1.29 is 33.4 Å². The molecular formula is C20H15FIN3O6. The van der Waals surface area contributed by atoms with Gasteiger partial charge in [0.25, 0.3) is 5.91 Å². The number of nitrogens with one attached hydrogen (secondary N) is 2. The number of rotatable bonds is 7. The maximum Gasteiger partial charge on any atom is 0.341 e. The summed E-state index contributed by atoms with van der Waals surface area (Å²) >= 11 is 1.95. The number of hydrogen-bond acceptors (Lipinski definition) is 5. The van der Waals surface area contributed by atoms with Crippen molar-refractivity contribution in [2.24, 2.45) is 0 Å². The number of anilines is 1. The summed E-state index contributed by atoms with van der Waals surface area (Å²) in [7, 11) is 0. The second-order valence-corrected chi connectivity index (χ2v) is 7.44. The van der Waals surface area contributed by atoms with Crippen LogP contribution in [0.3, 0.4) is 0 Å². The summed E-state index contributed by atoms with van der Waals surface area (Å²) < 4.78 is 19.4. The zero-order valence-electron chi connectivity index (χ0n) is 15.7. The van der Waals surface area contributed by atoms with Gasteiger partial charge in [-0.25, -0.2) is 18.9 Å². The summed E-state index contributed by atoms with van der Waals surface area (Å²) in [5.41, 5.74) is 0.446. The van der Waals surface area contributed by atoms with E-state index in [1.54, 1.807) is 12.1 Å². The van der Waals surface area contributed by atoms with Gasteiger partial charge in [-0.1, -0.05) is 18.2 Å². The van der Waals surface area contributed by atoms with E-state index in [2.05, 4.69) is 10.6 Å². The molecule has 1 saturated heterocycles. The lowest BCUT2D eigenvalue weighted by Gasteiger charge is -2.12. The van der Waals surface area contributed by atoms with E-state index in [0.717, 1.165) is 0 Å². The van der Waals surface area contributed by atoms with Gasteiger partial charge in [-0.05, 0) is 58.5 Å². The van der Waals surface area contributed by atoms with Crippen molar-refractivity contribution in [2.75, 3.05) is 18.5 Å². The van der Waals surface area contributed by atoms with Crippen LogP contribution in [0.1, 0.15) is 5.56 Å². The van der Waals surface area contributed by atoms with Crippen LogP contribution < -0.4 is 15.4 Å². The van der Waals surface area contributed by atoms with E-state index in [9.17, 15) is 23.6 Å². The van der Waals surface area contributed by atoms with Crippen molar-refractivity contribution in [3.63, 3.8) is 0 Å². The van der Waals surface area contributed by atoms with Crippen molar-refractivity contribution in [2.45, 2.75) is 0 Å². The third-order valence-electron chi connectivity index (χ3n) is 4.03. The van der Waals surface area contributed by atoms with Crippen LogP contribution in [-0.4, -0.2) is 47.0 Å². The molecule has 0 aliphatic carbocycles. The summed E-state index contributed by atoms with van der Waals surface area (Å²) in [6, 6.07) is 9.50. The molecule has 2 aromatic rings. The summed E-state index contributed by atoms with van der Waals surface area (Å²) in [4.78, 5) is 48.1. The lowest BCUT2D eigenvalue weighted by molar-refractivity contribution is -0.139. The van der Waals surface area contributed by atoms with E-state index in [1.807, 2.05) is 22.6 Å². The highest BCUT2D eigenvalue weighted by atomic mass is 127. The van der Waals surface area contributed by atoms with Crippen LogP contribution in [0, 0.1) is 9.39 Å². The van der Waals surface area contributed by atoms with Gasteiger partial charge in [-0.15, -0.1) is 0 Å². The Morgan fingerprint density at radius 3 is 2.65 bits per heavy atom. The minimum absolute atomic E-state index is 0.0429. The normalized spacial score (nSPS) is 14.5. The number of imide groups is 1. The van der Waals surface area contributed by atoms with Crippen LogP contribution in [0.25, 0.3) is 6.08 Å². The van der Waals surface area contributed by atoms with Crippen molar-refractivity contribution in [3.8, 4) is 5.75 Å². The van der Waals surface area contributed by atoms with E-state index in [0.29, 0.717) is 19.8 Å². The predicted molar refractivity (Wildman–Crippen MR) is 116 cm³/mol. The number of urea groups is 1. The lowest BCUT2D eigenvalue weighted by atomic mass is 10.2. The number of amides is 4. The molecule has 31 heavy (non-hydrogen) atoms. The summed E-state index contributed by atoms with van der Waals surface area (Å²) in [6.45, 7) is -1.08. The van der Waals surface area contributed by atoms with Crippen molar-refractivity contribution in [3.05, 3.63) is 63.1 Å². The number of carboxylic acid groups (broad SMARTS) is 1. The predicted octanol–water partition coefficient (Wildman–Crippen LogP) is 2.43. The topological polar surface area (TPSA) is 125 Å². The van der Waals surface area contributed by atoms with E-state index < -0.39 is 42.8 Å². The Morgan fingerprint density at radius 1 is 1.23 bits per heavy atom. The molecule has 0 aromatic heterocycles. The number of aliphatic carboxylic acids is 1. The minimum atomic E-state index is -1.11. The molecule has 3 rings (SSSR count). The van der Waals surface area contributed by atoms with Crippen molar-refractivity contribution in [1.29, 1.82) is 0 Å². The van der Waals surface area contributed by atoms with E-state index in [-0.39, 0.29) is 11.4 Å². The Morgan fingerprint density at radius 2 is 1.97 bits per heavy atom. The van der Waals surface area contributed by atoms with Crippen molar-refractivity contribution in [1.82, 2.24) is 10.2 Å². The van der Waals surface area contributed by atoms with Gasteiger partial charge in [0.2, 0.25) is 5.91 Å².